The molecule has 116 valence electrons. The zero-order valence-corrected chi connectivity index (χ0v) is 13.5. The van der Waals surface area contributed by atoms with Gasteiger partial charge in [-0.3, -0.25) is 4.90 Å². The highest BCUT2D eigenvalue weighted by molar-refractivity contribution is 5.85. The fourth-order valence-electron chi connectivity index (χ4n) is 2.83. The van der Waals surface area contributed by atoms with Crippen molar-refractivity contribution in [2.45, 2.75) is 19.9 Å². The minimum atomic E-state index is -0.382. The molecule has 2 rings (SSSR count). The Kier molecular flexibility index (Phi) is 8.44. The van der Waals surface area contributed by atoms with Gasteiger partial charge in [-0.25, -0.2) is 4.39 Å². The van der Waals surface area contributed by atoms with Crippen LogP contribution in [-0.2, 0) is 0 Å². The zero-order valence-electron chi connectivity index (χ0n) is 11.9. The van der Waals surface area contributed by atoms with Crippen LogP contribution in [0.2, 0.25) is 0 Å². The van der Waals surface area contributed by atoms with Gasteiger partial charge in [-0.1, -0.05) is 0 Å². The van der Waals surface area contributed by atoms with Crippen molar-refractivity contribution in [2.24, 2.45) is 0 Å². The lowest BCUT2D eigenvalue weighted by Gasteiger charge is -2.35. The van der Waals surface area contributed by atoms with Crippen LogP contribution in [0.1, 0.15) is 22.7 Å². The molecule has 3 nitrogen and oxygen atoms in total. The summed E-state index contributed by atoms with van der Waals surface area (Å²) in [6, 6.07) is 3.24. The van der Waals surface area contributed by atoms with Gasteiger partial charge in [-0.15, -0.1) is 24.8 Å². The predicted octanol–water partition coefficient (Wildman–Crippen LogP) is 2.77. The average molecular weight is 325 g/mol. The molecule has 1 aromatic rings. The molecule has 2 N–H and O–H groups in total. The molecule has 1 aliphatic heterocycles. The molecule has 20 heavy (non-hydrogen) atoms. The maximum Gasteiger partial charge on any atom is 0.116 e. The van der Waals surface area contributed by atoms with Crippen molar-refractivity contribution in [3.63, 3.8) is 0 Å². The summed E-state index contributed by atoms with van der Waals surface area (Å²) in [6.45, 7) is 7.05. The molecule has 1 fully saturated rings. The number of phenols is 1. The molecule has 6 heteroatoms. The van der Waals surface area contributed by atoms with Crippen LogP contribution in [0.25, 0.3) is 0 Å². The number of phenolic OH excluding ortho intramolecular Hbond substituents is 1. The summed E-state index contributed by atoms with van der Waals surface area (Å²) in [5.74, 6) is 0.256. The quantitative estimate of drug-likeness (QED) is 0.897. The maximum atomic E-state index is 13.5. The molecule has 1 atom stereocenters. The minimum Gasteiger partial charge on any atom is -0.508 e. The zero-order chi connectivity index (χ0) is 13.1. The van der Waals surface area contributed by atoms with E-state index in [9.17, 15) is 9.50 Å². The number of benzene rings is 1. The summed E-state index contributed by atoms with van der Waals surface area (Å²) in [6.07, 6.45) is 0. The second-order valence-corrected chi connectivity index (χ2v) is 4.95. The van der Waals surface area contributed by atoms with Crippen LogP contribution in [0.4, 0.5) is 4.39 Å². The topological polar surface area (TPSA) is 35.5 Å². The van der Waals surface area contributed by atoms with E-state index in [2.05, 4.69) is 10.2 Å². The summed E-state index contributed by atoms with van der Waals surface area (Å²) in [7, 11) is 0. The fraction of sp³-hybridized carbons (Fsp3) is 0.571. The standard InChI is InChI=1S/C14H21FN2O.2ClH/c1-10-7-12(18)8-11(2)14(10)13(9-15)17-5-3-16-4-6-17;;/h7-8,13,16,18H,3-6,9H2,1-2H3;2*1H/t13-;;/m1../s1. The van der Waals surface area contributed by atoms with Crippen LogP contribution < -0.4 is 5.32 Å². The summed E-state index contributed by atoms with van der Waals surface area (Å²) < 4.78 is 13.5. The largest absolute Gasteiger partial charge is 0.508 e. The SMILES string of the molecule is Cc1cc(O)cc(C)c1[C@@H](CF)N1CCNCC1.Cl.Cl. The number of hydrogen-bond donors (Lipinski definition) is 2. The molecule has 0 radical (unpaired) electrons. The Morgan fingerprint density at radius 2 is 1.70 bits per heavy atom. The van der Waals surface area contributed by atoms with Crippen molar-refractivity contribution in [3.8, 4) is 5.75 Å². The highest BCUT2D eigenvalue weighted by Crippen LogP contribution is 2.30. The first-order valence-corrected chi connectivity index (χ1v) is 6.44. The molecule has 0 unspecified atom stereocenters. The number of nitrogens with one attached hydrogen (secondary N) is 1. The second kappa shape index (κ2) is 8.67. The van der Waals surface area contributed by atoms with Crippen molar-refractivity contribution in [1.29, 1.82) is 0 Å². The van der Waals surface area contributed by atoms with Crippen LogP contribution in [0.3, 0.4) is 0 Å². The molecule has 0 spiro atoms. The first-order chi connectivity index (χ1) is 8.63. The van der Waals surface area contributed by atoms with E-state index in [4.69, 9.17) is 0 Å². The highest BCUT2D eigenvalue weighted by Gasteiger charge is 2.25. The van der Waals surface area contributed by atoms with Crippen molar-refractivity contribution in [1.82, 2.24) is 10.2 Å². The smallest absolute Gasteiger partial charge is 0.116 e. The molecule has 1 saturated heterocycles. The van der Waals surface area contributed by atoms with E-state index < -0.39 is 0 Å². The van der Waals surface area contributed by atoms with Crippen LogP contribution in [-0.4, -0.2) is 42.9 Å². The minimum absolute atomic E-state index is 0. The Morgan fingerprint density at radius 1 is 1.20 bits per heavy atom. The molecule has 1 aromatic carbocycles. The molecule has 0 bridgehead atoms. The van der Waals surface area contributed by atoms with E-state index >= 15 is 0 Å². The van der Waals surface area contributed by atoms with Gasteiger partial charge in [0.15, 0.2) is 0 Å². The van der Waals surface area contributed by atoms with E-state index in [-0.39, 0.29) is 43.3 Å². The molecule has 0 saturated carbocycles. The Balaban J connectivity index is 0.00000180. The maximum absolute atomic E-state index is 13.5. The third kappa shape index (κ3) is 4.22. The van der Waals surface area contributed by atoms with E-state index in [0.717, 1.165) is 42.9 Å². The third-order valence-corrected chi connectivity index (χ3v) is 3.65. The van der Waals surface area contributed by atoms with Crippen molar-refractivity contribution >= 4 is 24.8 Å². The van der Waals surface area contributed by atoms with E-state index in [1.165, 1.54) is 0 Å². The second-order valence-electron chi connectivity index (χ2n) is 4.95. The Labute approximate surface area is 132 Å². The predicted molar refractivity (Wildman–Crippen MR) is 85.2 cm³/mol. The first-order valence-electron chi connectivity index (χ1n) is 6.44. The van der Waals surface area contributed by atoms with Gasteiger partial charge < -0.3 is 10.4 Å². The first kappa shape index (κ1) is 19.4. The number of aryl methyl sites for hydroxylation is 2. The Morgan fingerprint density at radius 3 is 2.15 bits per heavy atom. The molecule has 0 aromatic heterocycles. The molecule has 0 amide bonds. The molecular formula is C14H23Cl2FN2O. The van der Waals surface area contributed by atoms with E-state index in [1.807, 2.05) is 13.8 Å². The van der Waals surface area contributed by atoms with Gasteiger partial charge in [0.25, 0.3) is 0 Å². The van der Waals surface area contributed by atoms with Gasteiger partial charge >= 0.3 is 0 Å². The Bertz CT molecular complexity index is 403. The van der Waals surface area contributed by atoms with Crippen molar-refractivity contribution in [3.05, 3.63) is 28.8 Å². The number of alkyl halides is 1. The monoisotopic (exact) mass is 324 g/mol. The van der Waals surface area contributed by atoms with Crippen LogP contribution in [0.15, 0.2) is 12.1 Å². The molecule has 1 heterocycles. The average Bonchev–Trinajstić information content (AvgIpc) is 2.34. The van der Waals surface area contributed by atoms with Gasteiger partial charge in [0.05, 0.1) is 6.04 Å². The Hall–Kier alpha value is -0.550. The summed E-state index contributed by atoms with van der Waals surface area (Å²) in [5.41, 5.74) is 2.96. The lowest BCUT2D eigenvalue weighted by atomic mass is 9.95. The molecular weight excluding hydrogens is 302 g/mol. The van der Waals surface area contributed by atoms with Gasteiger partial charge in [-0.05, 0) is 42.7 Å². The van der Waals surface area contributed by atoms with E-state index in [1.54, 1.807) is 12.1 Å². The number of hydrogen-bond acceptors (Lipinski definition) is 3. The summed E-state index contributed by atoms with van der Waals surface area (Å²) >= 11 is 0. The van der Waals surface area contributed by atoms with Crippen LogP contribution in [0, 0.1) is 13.8 Å². The highest BCUT2D eigenvalue weighted by atomic mass is 35.5. The normalized spacial score (nSPS) is 16.9. The number of rotatable bonds is 3. The number of halogens is 3. The van der Waals surface area contributed by atoms with E-state index in [0.29, 0.717) is 0 Å². The number of aromatic hydroxyl groups is 1. The van der Waals surface area contributed by atoms with Gasteiger partial charge in [0.2, 0.25) is 0 Å². The summed E-state index contributed by atoms with van der Waals surface area (Å²) in [5, 5.41) is 12.8. The molecule has 1 aliphatic rings. The van der Waals surface area contributed by atoms with Gasteiger partial charge in [0, 0.05) is 26.2 Å². The van der Waals surface area contributed by atoms with Gasteiger partial charge in [0.1, 0.15) is 12.4 Å². The summed E-state index contributed by atoms with van der Waals surface area (Å²) in [4.78, 5) is 2.18. The lowest BCUT2D eigenvalue weighted by molar-refractivity contribution is 0.146. The third-order valence-electron chi connectivity index (χ3n) is 3.65. The van der Waals surface area contributed by atoms with Crippen LogP contribution in [0.5, 0.6) is 5.75 Å². The van der Waals surface area contributed by atoms with Crippen molar-refractivity contribution in [2.75, 3.05) is 32.9 Å². The fourth-order valence-corrected chi connectivity index (χ4v) is 2.83. The lowest BCUT2D eigenvalue weighted by Crippen LogP contribution is -2.46. The van der Waals surface area contributed by atoms with Crippen LogP contribution >= 0.6 is 24.8 Å². The van der Waals surface area contributed by atoms with Gasteiger partial charge in [-0.2, -0.15) is 0 Å². The molecule has 0 aliphatic carbocycles. The number of nitrogens with zero attached hydrogens (tertiary/aromatic N) is 1. The van der Waals surface area contributed by atoms with Crippen molar-refractivity contribution < 1.29 is 9.50 Å². The number of piperazine rings is 1.